The van der Waals surface area contributed by atoms with Gasteiger partial charge in [-0.1, -0.05) is 6.07 Å². The van der Waals surface area contributed by atoms with E-state index in [2.05, 4.69) is 42.7 Å². The molecule has 0 aliphatic heterocycles. The minimum absolute atomic E-state index is 0.370. The van der Waals surface area contributed by atoms with Gasteiger partial charge in [0.15, 0.2) is 5.11 Å². The molecule has 0 spiro atoms. The maximum Gasteiger partial charge on any atom is 0.170 e. The van der Waals surface area contributed by atoms with Crippen LogP contribution in [-0.2, 0) is 12.8 Å². The number of benzene rings is 1. The van der Waals surface area contributed by atoms with Gasteiger partial charge in [0.2, 0.25) is 0 Å². The number of thiocarbonyl (C=S) groups is 1. The van der Waals surface area contributed by atoms with Crippen LogP contribution in [0.5, 0.6) is 0 Å². The van der Waals surface area contributed by atoms with Gasteiger partial charge in [0.05, 0.1) is 0 Å². The molecule has 1 aromatic rings. The Morgan fingerprint density at radius 3 is 2.75 bits per heavy atom. The zero-order chi connectivity index (χ0) is 11.5. The van der Waals surface area contributed by atoms with Crippen molar-refractivity contribution in [2.24, 2.45) is 0 Å². The van der Waals surface area contributed by atoms with Crippen molar-refractivity contribution in [3.63, 3.8) is 0 Å². The second-order valence-electron chi connectivity index (χ2n) is 4.59. The van der Waals surface area contributed by atoms with Gasteiger partial charge >= 0.3 is 0 Å². The molecule has 0 aromatic heterocycles. The van der Waals surface area contributed by atoms with Crippen molar-refractivity contribution < 1.29 is 0 Å². The summed E-state index contributed by atoms with van der Waals surface area (Å²) >= 11 is 5.22. The van der Waals surface area contributed by atoms with Gasteiger partial charge in [0, 0.05) is 11.7 Å². The van der Waals surface area contributed by atoms with E-state index in [9.17, 15) is 0 Å². The van der Waals surface area contributed by atoms with Gasteiger partial charge in [0.25, 0.3) is 0 Å². The van der Waals surface area contributed by atoms with Crippen LogP contribution in [-0.4, -0.2) is 11.2 Å². The predicted molar refractivity (Wildman–Crippen MR) is 73.0 cm³/mol. The monoisotopic (exact) mass is 234 g/mol. The molecule has 86 valence electrons. The van der Waals surface area contributed by atoms with Crippen LogP contribution in [0.15, 0.2) is 18.2 Å². The number of anilines is 1. The first kappa shape index (κ1) is 11.4. The smallest absolute Gasteiger partial charge is 0.170 e. The lowest BCUT2D eigenvalue weighted by molar-refractivity contribution is 0.739. The fourth-order valence-corrected chi connectivity index (χ4v) is 2.43. The third-order valence-corrected chi connectivity index (χ3v) is 3.00. The first-order valence-corrected chi connectivity index (χ1v) is 6.25. The molecule has 2 N–H and O–H groups in total. The Balaban J connectivity index is 2.02. The largest absolute Gasteiger partial charge is 0.360 e. The second-order valence-corrected chi connectivity index (χ2v) is 5.00. The first-order chi connectivity index (χ1) is 7.65. The predicted octanol–water partition coefficient (Wildman–Crippen LogP) is 2.87. The molecule has 0 heterocycles. The van der Waals surface area contributed by atoms with Crippen molar-refractivity contribution in [1.29, 1.82) is 0 Å². The molecule has 0 saturated carbocycles. The van der Waals surface area contributed by atoms with E-state index in [-0.39, 0.29) is 0 Å². The molecule has 1 aromatic carbocycles. The second kappa shape index (κ2) is 4.83. The molecule has 1 aliphatic carbocycles. The van der Waals surface area contributed by atoms with Crippen molar-refractivity contribution >= 4 is 23.0 Å². The summed E-state index contributed by atoms with van der Waals surface area (Å²) in [7, 11) is 0. The maximum atomic E-state index is 5.22. The van der Waals surface area contributed by atoms with Crippen LogP contribution >= 0.6 is 12.2 Å². The van der Waals surface area contributed by atoms with Gasteiger partial charge in [0.1, 0.15) is 0 Å². The summed E-state index contributed by atoms with van der Waals surface area (Å²) in [6.07, 6.45) is 3.72. The van der Waals surface area contributed by atoms with E-state index in [1.807, 2.05) is 0 Å². The lowest BCUT2D eigenvalue weighted by Gasteiger charge is -2.13. The van der Waals surface area contributed by atoms with Crippen molar-refractivity contribution in [2.75, 3.05) is 5.32 Å². The van der Waals surface area contributed by atoms with Gasteiger partial charge in [-0.15, -0.1) is 0 Å². The Kier molecular flexibility index (Phi) is 3.44. The van der Waals surface area contributed by atoms with Crippen LogP contribution in [0.25, 0.3) is 0 Å². The highest BCUT2D eigenvalue weighted by molar-refractivity contribution is 7.80. The van der Waals surface area contributed by atoms with Crippen molar-refractivity contribution in [2.45, 2.75) is 39.2 Å². The summed E-state index contributed by atoms with van der Waals surface area (Å²) in [4.78, 5) is 0. The fraction of sp³-hybridized carbons (Fsp3) is 0.462. The first-order valence-electron chi connectivity index (χ1n) is 5.84. The summed E-state index contributed by atoms with van der Waals surface area (Å²) in [6.45, 7) is 4.16. The van der Waals surface area contributed by atoms with E-state index < -0.39 is 0 Å². The molecule has 0 atom stereocenters. The normalized spacial score (nSPS) is 13.7. The molecule has 0 radical (unpaired) electrons. The Labute approximate surface area is 102 Å². The maximum absolute atomic E-state index is 5.22. The summed E-state index contributed by atoms with van der Waals surface area (Å²) in [5.74, 6) is 0. The molecule has 2 rings (SSSR count). The number of hydrogen-bond donors (Lipinski definition) is 2. The molecule has 0 saturated heterocycles. The molecule has 3 heteroatoms. The summed E-state index contributed by atoms with van der Waals surface area (Å²) < 4.78 is 0. The van der Waals surface area contributed by atoms with Gasteiger partial charge in [-0.25, -0.2) is 0 Å². The highest BCUT2D eigenvalue weighted by Gasteiger charge is 2.11. The molecule has 0 unspecified atom stereocenters. The highest BCUT2D eigenvalue weighted by Crippen LogP contribution is 2.24. The van der Waals surface area contributed by atoms with Crippen LogP contribution in [0.4, 0.5) is 5.69 Å². The van der Waals surface area contributed by atoms with E-state index in [1.54, 1.807) is 0 Å². The quantitative estimate of drug-likeness (QED) is 0.769. The molecule has 0 fully saturated rings. The van der Waals surface area contributed by atoms with E-state index in [0.717, 1.165) is 5.69 Å². The lowest BCUT2D eigenvalue weighted by atomic mass is 10.1. The van der Waals surface area contributed by atoms with Gasteiger partial charge in [-0.05, 0) is 68.6 Å². The van der Waals surface area contributed by atoms with Crippen molar-refractivity contribution in [3.05, 3.63) is 29.3 Å². The third-order valence-electron chi connectivity index (χ3n) is 2.78. The Bertz CT molecular complexity index is 399. The summed E-state index contributed by atoms with van der Waals surface area (Å²) in [5, 5.41) is 7.10. The fourth-order valence-electron chi connectivity index (χ4n) is 2.08. The summed E-state index contributed by atoms with van der Waals surface area (Å²) in [6, 6.07) is 6.91. The minimum atomic E-state index is 0.370. The molecule has 16 heavy (non-hydrogen) atoms. The number of rotatable bonds is 2. The van der Waals surface area contributed by atoms with Crippen LogP contribution < -0.4 is 10.6 Å². The molecule has 0 bridgehead atoms. The van der Waals surface area contributed by atoms with Gasteiger partial charge in [-0.2, -0.15) is 0 Å². The van der Waals surface area contributed by atoms with Gasteiger partial charge < -0.3 is 10.6 Å². The van der Waals surface area contributed by atoms with E-state index in [1.165, 1.54) is 30.4 Å². The zero-order valence-corrected chi connectivity index (χ0v) is 10.7. The Hall–Kier alpha value is -1.09. The number of nitrogens with one attached hydrogen (secondary N) is 2. The molecular weight excluding hydrogens is 216 g/mol. The van der Waals surface area contributed by atoms with E-state index in [4.69, 9.17) is 12.2 Å². The molecule has 1 aliphatic rings. The van der Waals surface area contributed by atoms with Gasteiger partial charge in [-0.3, -0.25) is 0 Å². The Morgan fingerprint density at radius 1 is 1.25 bits per heavy atom. The Morgan fingerprint density at radius 2 is 2.00 bits per heavy atom. The SMILES string of the molecule is CC(C)NC(=S)Nc1ccc2c(c1)CCC2. The lowest BCUT2D eigenvalue weighted by Crippen LogP contribution is -2.33. The number of hydrogen-bond acceptors (Lipinski definition) is 1. The average molecular weight is 234 g/mol. The zero-order valence-electron chi connectivity index (χ0n) is 9.84. The molecule has 2 nitrogen and oxygen atoms in total. The van der Waals surface area contributed by atoms with Crippen LogP contribution in [0.1, 0.15) is 31.4 Å². The van der Waals surface area contributed by atoms with E-state index in [0.29, 0.717) is 11.2 Å². The topological polar surface area (TPSA) is 24.1 Å². The van der Waals surface area contributed by atoms with Crippen molar-refractivity contribution in [3.8, 4) is 0 Å². The average Bonchev–Trinajstić information content (AvgIpc) is 2.63. The molecular formula is C13H18N2S. The number of aryl methyl sites for hydroxylation is 2. The van der Waals surface area contributed by atoms with E-state index >= 15 is 0 Å². The minimum Gasteiger partial charge on any atom is -0.360 e. The highest BCUT2D eigenvalue weighted by atomic mass is 32.1. The number of fused-ring (bicyclic) bond motifs is 1. The summed E-state index contributed by atoms with van der Waals surface area (Å²) in [5.41, 5.74) is 4.06. The van der Waals surface area contributed by atoms with Crippen LogP contribution in [0.2, 0.25) is 0 Å². The van der Waals surface area contributed by atoms with Crippen molar-refractivity contribution in [1.82, 2.24) is 5.32 Å². The van der Waals surface area contributed by atoms with Crippen LogP contribution in [0.3, 0.4) is 0 Å². The molecule has 0 amide bonds. The standard InChI is InChI=1S/C13H18N2S/c1-9(2)14-13(16)15-12-7-6-10-4-3-5-11(10)8-12/h6-9H,3-5H2,1-2H3,(H2,14,15,16). The van der Waals surface area contributed by atoms with Crippen LogP contribution in [0, 0.1) is 0 Å². The third kappa shape index (κ3) is 2.73.